The number of amides is 1. The average Bonchev–Trinajstić information content (AvgIpc) is 3.33. The number of hydrogen-bond acceptors (Lipinski definition) is 4. The summed E-state index contributed by atoms with van der Waals surface area (Å²) in [6.45, 7) is 0.322. The Bertz CT molecular complexity index is 1080. The second-order valence-corrected chi connectivity index (χ2v) is 7.93. The number of hydrogen-bond donors (Lipinski definition) is 1. The fourth-order valence-electron chi connectivity index (χ4n) is 3.80. The van der Waals surface area contributed by atoms with E-state index in [-0.39, 0.29) is 5.91 Å². The molecule has 1 N–H and O–H groups in total. The van der Waals surface area contributed by atoms with Crippen LogP contribution in [-0.2, 0) is 13.0 Å². The zero-order chi connectivity index (χ0) is 22.2. The van der Waals surface area contributed by atoms with Crippen LogP contribution < -0.4 is 14.8 Å². The summed E-state index contributed by atoms with van der Waals surface area (Å²) in [5.41, 5.74) is 3.12. The van der Waals surface area contributed by atoms with Gasteiger partial charge in [-0.25, -0.2) is 0 Å². The molecule has 0 unspecified atom stereocenters. The number of nitrogens with one attached hydrogen (secondary N) is 1. The normalized spacial score (nSPS) is 13.3. The first-order chi connectivity index (χ1) is 15.7. The molecule has 0 aliphatic heterocycles. The Balaban J connectivity index is 1.36. The van der Waals surface area contributed by atoms with Crippen molar-refractivity contribution in [3.63, 3.8) is 0 Å². The molecule has 5 heteroatoms. The van der Waals surface area contributed by atoms with Crippen LogP contribution in [0, 0.1) is 11.3 Å². The predicted octanol–water partition coefficient (Wildman–Crippen LogP) is 5.91. The quantitative estimate of drug-likeness (QED) is 0.486. The predicted molar refractivity (Wildman–Crippen MR) is 124 cm³/mol. The average molecular weight is 427 g/mol. The van der Waals surface area contributed by atoms with E-state index in [4.69, 9.17) is 14.7 Å². The van der Waals surface area contributed by atoms with Crippen molar-refractivity contribution in [2.24, 2.45) is 0 Å². The lowest BCUT2D eigenvalue weighted by Gasteiger charge is -2.14. The number of rotatable bonds is 8. The third-order valence-electron chi connectivity index (χ3n) is 5.59. The summed E-state index contributed by atoms with van der Waals surface area (Å²) < 4.78 is 11.9. The molecule has 1 aliphatic carbocycles. The first kappa shape index (κ1) is 21.5. The summed E-state index contributed by atoms with van der Waals surface area (Å²) in [6, 6.07) is 24.5. The maximum Gasteiger partial charge on any atom is 0.255 e. The number of para-hydroxylation sites is 1. The molecule has 1 fully saturated rings. The smallest absolute Gasteiger partial charge is 0.255 e. The SMILES string of the molecule is N#CCc1ccc(OCc2ccccc2NC(=O)c2ccc(OC3CCCC3)cc2)cc1. The van der Waals surface area contributed by atoms with Crippen molar-refractivity contribution in [1.29, 1.82) is 5.26 Å². The van der Waals surface area contributed by atoms with Crippen LogP contribution in [-0.4, -0.2) is 12.0 Å². The fraction of sp³-hybridized carbons (Fsp3) is 0.259. The maximum atomic E-state index is 12.8. The van der Waals surface area contributed by atoms with E-state index in [9.17, 15) is 4.79 Å². The Morgan fingerprint density at radius 2 is 1.62 bits per heavy atom. The molecular formula is C27H26N2O3. The van der Waals surface area contributed by atoms with Crippen LogP contribution in [0.25, 0.3) is 0 Å². The lowest BCUT2D eigenvalue weighted by molar-refractivity contribution is 0.102. The van der Waals surface area contributed by atoms with Crippen molar-refractivity contribution in [3.8, 4) is 17.6 Å². The summed E-state index contributed by atoms with van der Waals surface area (Å²) in [4.78, 5) is 12.8. The van der Waals surface area contributed by atoms with Crippen LogP contribution in [0.3, 0.4) is 0 Å². The van der Waals surface area contributed by atoms with Gasteiger partial charge in [0.25, 0.3) is 5.91 Å². The lowest BCUT2D eigenvalue weighted by Crippen LogP contribution is -2.14. The van der Waals surface area contributed by atoms with Gasteiger partial charge in [-0.2, -0.15) is 5.26 Å². The van der Waals surface area contributed by atoms with Gasteiger partial charge in [0.15, 0.2) is 0 Å². The van der Waals surface area contributed by atoms with Gasteiger partial charge in [0.2, 0.25) is 0 Å². The summed E-state index contributed by atoms with van der Waals surface area (Å²) in [6.07, 6.45) is 5.32. The van der Waals surface area contributed by atoms with Crippen molar-refractivity contribution in [2.75, 3.05) is 5.32 Å². The molecule has 1 amide bonds. The Hall–Kier alpha value is -3.78. The number of anilines is 1. The second kappa shape index (κ2) is 10.5. The van der Waals surface area contributed by atoms with E-state index in [0.717, 1.165) is 29.7 Å². The van der Waals surface area contributed by atoms with Crippen molar-refractivity contribution in [3.05, 3.63) is 89.5 Å². The van der Waals surface area contributed by atoms with Crippen molar-refractivity contribution in [1.82, 2.24) is 0 Å². The van der Waals surface area contributed by atoms with Crippen molar-refractivity contribution < 1.29 is 14.3 Å². The maximum absolute atomic E-state index is 12.8. The molecule has 4 rings (SSSR count). The second-order valence-electron chi connectivity index (χ2n) is 7.93. The van der Waals surface area contributed by atoms with Gasteiger partial charge in [-0.15, -0.1) is 0 Å². The molecule has 5 nitrogen and oxygen atoms in total. The summed E-state index contributed by atoms with van der Waals surface area (Å²) >= 11 is 0. The molecule has 1 saturated carbocycles. The Kier molecular flexibility index (Phi) is 7.04. The first-order valence-corrected chi connectivity index (χ1v) is 11.0. The van der Waals surface area contributed by atoms with Crippen LogP contribution in [0.1, 0.15) is 47.2 Å². The molecule has 0 spiro atoms. The summed E-state index contributed by atoms with van der Waals surface area (Å²) in [7, 11) is 0. The lowest BCUT2D eigenvalue weighted by atomic mass is 10.1. The van der Waals surface area contributed by atoms with Crippen LogP contribution in [0.5, 0.6) is 11.5 Å². The molecule has 32 heavy (non-hydrogen) atoms. The summed E-state index contributed by atoms with van der Waals surface area (Å²) in [5.74, 6) is 1.35. The van der Waals surface area contributed by atoms with E-state index in [1.54, 1.807) is 12.1 Å². The van der Waals surface area contributed by atoms with Crippen LogP contribution in [0.15, 0.2) is 72.8 Å². The van der Waals surface area contributed by atoms with E-state index in [0.29, 0.717) is 36.1 Å². The highest BCUT2D eigenvalue weighted by atomic mass is 16.5. The van der Waals surface area contributed by atoms with Crippen LogP contribution in [0.2, 0.25) is 0 Å². The molecule has 0 atom stereocenters. The number of ether oxygens (including phenoxy) is 2. The third-order valence-corrected chi connectivity index (χ3v) is 5.59. The molecule has 1 aliphatic rings. The fourth-order valence-corrected chi connectivity index (χ4v) is 3.80. The van der Waals surface area contributed by atoms with E-state index in [2.05, 4.69) is 11.4 Å². The zero-order valence-electron chi connectivity index (χ0n) is 17.9. The standard InChI is InChI=1S/C27H26N2O3/c28-18-17-20-9-13-23(14-10-20)31-19-22-5-1-4-8-26(22)29-27(30)21-11-15-25(16-12-21)32-24-6-2-3-7-24/h1,4-5,8-16,24H,2-3,6-7,17,19H2,(H,29,30). The highest BCUT2D eigenvalue weighted by Crippen LogP contribution is 2.25. The highest BCUT2D eigenvalue weighted by molar-refractivity contribution is 6.04. The minimum absolute atomic E-state index is 0.175. The van der Waals surface area contributed by atoms with E-state index >= 15 is 0 Å². The van der Waals surface area contributed by atoms with Gasteiger partial charge in [0.1, 0.15) is 18.1 Å². The van der Waals surface area contributed by atoms with E-state index in [1.165, 1.54) is 12.8 Å². The minimum Gasteiger partial charge on any atom is -0.490 e. The minimum atomic E-state index is -0.175. The van der Waals surface area contributed by atoms with Crippen LogP contribution in [0.4, 0.5) is 5.69 Å². The number of carbonyl (C=O) groups is 1. The van der Waals surface area contributed by atoms with Gasteiger partial charge in [0, 0.05) is 16.8 Å². The van der Waals surface area contributed by atoms with Crippen LogP contribution >= 0.6 is 0 Å². The van der Waals surface area contributed by atoms with Crippen molar-refractivity contribution >= 4 is 11.6 Å². The molecule has 0 bridgehead atoms. The first-order valence-electron chi connectivity index (χ1n) is 11.0. The Morgan fingerprint density at radius 3 is 2.34 bits per heavy atom. The van der Waals surface area contributed by atoms with Gasteiger partial charge >= 0.3 is 0 Å². The van der Waals surface area contributed by atoms with E-state index in [1.807, 2.05) is 60.7 Å². The molecule has 3 aromatic carbocycles. The van der Waals surface area contributed by atoms with Crippen molar-refractivity contribution in [2.45, 2.75) is 44.8 Å². The molecule has 0 heterocycles. The third kappa shape index (κ3) is 5.67. The molecular weight excluding hydrogens is 400 g/mol. The summed E-state index contributed by atoms with van der Waals surface area (Å²) in [5, 5.41) is 11.8. The molecule has 0 saturated heterocycles. The van der Waals surface area contributed by atoms with Gasteiger partial charge in [0.05, 0.1) is 18.6 Å². The largest absolute Gasteiger partial charge is 0.490 e. The van der Waals surface area contributed by atoms with Gasteiger partial charge in [-0.3, -0.25) is 4.79 Å². The molecule has 0 aromatic heterocycles. The number of nitriles is 1. The Morgan fingerprint density at radius 1 is 0.938 bits per heavy atom. The van der Waals surface area contributed by atoms with Gasteiger partial charge < -0.3 is 14.8 Å². The molecule has 0 radical (unpaired) electrons. The Labute approximate surface area is 188 Å². The van der Waals surface area contributed by atoms with Gasteiger partial charge in [-0.1, -0.05) is 30.3 Å². The highest BCUT2D eigenvalue weighted by Gasteiger charge is 2.17. The van der Waals surface area contributed by atoms with Gasteiger partial charge in [-0.05, 0) is 73.7 Å². The molecule has 162 valence electrons. The van der Waals surface area contributed by atoms with E-state index < -0.39 is 0 Å². The number of nitrogens with zero attached hydrogens (tertiary/aromatic N) is 1. The number of benzene rings is 3. The number of carbonyl (C=O) groups excluding carboxylic acids is 1. The monoisotopic (exact) mass is 426 g/mol. The molecule has 3 aromatic rings. The topological polar surface area (TPSA) is 71.3 Å². The zero-order valence-corrected chi connectivity index (χ0v) is 17.9.